The Bertz CT molecular complexity index is 55.5. The summed E-state index contributed by atoms with van der Waals surface area (Å²) in [5.74, 6) is 0. The van der Waals surface area contributed by atoms with Gasteiger partial charge in [-0.2, -0.15) is 0 Å². The van der Waals surface area contributed by atoms with Crippen LogP contribution in [0, 0.1) is 0 Å². The first-order valence-corrected chi connectivity index (χ1v) is 5.69. The van der Waals surface area contributed by atoms with E-state index in [1.54, 1.807) is 0 Å². The summed E-state index contributed by atoms with van der Waals surface area (Å²) < 4.78 is 12.8. The molecule has 0 aliphatic heterocycles. The van der Waals surface area contributed by atoms with Crippen LogP contribution in [0.15, 0.2) is 0 Å². The summed E-state index contributed by atoms with van der Waals surface area (Å²) >= 11 is -2.01. The second-order valence-electron chi connectivity index (χ2n) is 1.57. The third kappa shape index (κ3) is 2.25. The van der Waals surface area contributed by atoms with Crippen LogP contribution < -0.4 is 16.7 Å². The molecule has 0 aromatic heterocycles. The van der Waals surface area contributed by atoms with Crippen LogP contribution in [0.2, 0.25) is 0 Å². The second-order valence-corrected chi connectivity index (χ2v) is 6.45. The summed E-state index contributed by atoms with van der Waals surface area (Å²) in [6.45, 7) is 0. The zero-order valence-electron chi connectivity index (χ0n) is 6.45. The average molecular weight is 171 g/mol. The molecule has 0 bridgehead atoms. The third-order valence-corrected chi connectivity index (χ3v) is 5.53. The summed E-state index contributed by atoms with van der Waals surface area (Å²) in [5.41, 5.74) is 0. The molecule has 0 heterocycles. The van der Waals surface area contributed by atoms with E-state index in [0.29, 0.717) is 0 Å². The van der Waals surface area contributed by atoms with Gasteiger partial charge in [-0.25, -0.2) is 0 Å². The van der Waals surface area contributed by atoms with Crippen molar-refractivity contribution in [2.75, 3.05) is 28.2 Å². The summed E-state index contributed by atoms with van der Waals surface area (Å²) in [5, 5.41) is 0. The fraction of sp³-hybridized carbons (Fsp3) is 1.00. The number of hydrogen-bond donors (Lipinski definition) is 4. The molecule has 0 spiro atoms. The van der Waals surface area contributed by atoms with E-state index in [2.05, 4.69) is 16.7 Å². The van der Waals surface area contributed by atoms with Gasteiger partial charge in [-0.05, 0) is 0 Å². The molecule has 0 aromatic rings. The predicted octanol–water partition coefficient (Wildman–Crippen LogP) is -1.32. The van der Waals surface area contributed by atoms with Crippen LogP contribution in [-0.2, 0) is 15.0 Å². The third-order valence-electron chi connectivity index (χ3n) is 1.34. The Morgan fingerprint density at radius 1 is 0.667 bits per heavy atom. The number of rotatable bonds is 4. The molecule has 0 aromatic carbocycles. The molecule has 57 valence electrons. The van der Waals surface area contributed by atoms with E-state index >= 15 is 0 Å². The Morgan fingerprint density at radius 2 is 0.889 bits per heavy atom. The van der Waals surface area contributed by atoms with Gasteiger partial charge in [0.2, 0.25) is 0 Å². The van der Waals surface area contributed by atoms with Crippen molar-refractivity contribution < 1.29 is 15.0 Å². The first-order chi connectivity index (χ1) is 4.24. The van der Waals surface area contributed by atoms with Crippen LogP contribution in [0.4, 0.5) is 0 Å². The first kappa shape index (κ1) is 9.42. The fourth-order valence-corrected chi connectivity index (χ4v) is 2.77. The molecule has 0 aliphatic carbocycles. The first-order valence-electron chi connectivity index (χ1n) is 2.89. The van der Waals surface area contributed by atoms with Gasteiger partial charge in [0.05, 0.1) is 0 Å². The zero-order chi connectivity index (χ0) is 7.33. The van der Waals surface area contributed by atoms with Gasteiger partial charge in [0.25, 0.3) is 0 Å². The van der Waals surface area contributed by atoms with Gasteiger partial charge in [-0.15, -0.1) is 0 Å². The molecule has 0 radical (unpaired) electrons. The van der Waals surface area contributed by atoms with E-state index in [-0.39, 0.29) is 0 Å². The van der Waals surface area contributed by atoms with Crippen molar-refractivity contribution in [1.82, 2.24) is 16.7 Å². The predicted molar refractivity (Wildman–Crippen MR) is 36.2 cm³/mol. The quantitative estimate of drug-likeness (QED) is 0.423. The molecule has 0 fully saturated rings. The van der Waals surface area contributed by atoms with Crippen LogP contribution in [0.5, 0.6) is 0 Å². The molecule has 0 saturated heterocycles. The molecule has 9 heavy (non-hydrogen) atoms. The maximum atomic E-state index is 3.20. The van der Waals surface area contributed by atoms with Gasteiger partial charge in [0.15, 0.2) is 0 Å². The summed E-state index contributed by atoms with van der Waals surface area (Å²) in [6, 6.07) is 0. The van der Waals surface area contributed by atoms with Gasteiger partial charge in [-0.3, -0.25) is 0 Å². The van der Waals surface area contributed by atoms with E-state index in [1.807, 2.05) is 28.2 Å². The van der Waals surface area contributed by atoms with Crippen molar-refractivity contribution >= 4 is 0 Å². The Hall–Kier alpha value is 0.424. The standard InChI is InChI=1S/4CH4N.V/c4*1-2;/h4*2H,1H3;/q4*-1;+4. The van der Waals surface area contributed by atoms with Crippen LogP contribution in [0.1, 0.15) is 0 Å². The molecule has 0 amide bonds. The topological polar surface area (TPSA) is 48.1 Å². The zero-order valence-corrected chi connectivity index (χ0v) is 7.84. The molecular formula is C4H16N4V. The van der Waals surface area contributed by atoms with Crippen molar-refractivity contribution in [1.29, 1.82) is 0 Å². The van der Waals surface area contributed by atoms with Gasteiger partial charge in [-0.1, -0.05) is 0 Å². The molecular weight excluding hydrogens is 155 g/mol. The van der Waals surface area contributed by atoms with E-state index in [4.69, 9.17) is 0 Å². The Labute approximate surface area is 60.3 Å². The van der Waals surface area contributed by atoms with Gasteiger partial charge >= 0.3 is 59.8 Å². The molecule has 4 nitrogen and oxygen atoms in total. The normalized spacial score (nSPS) is 12.0. The van der Waals surface area contributed by atoms with Gasteiger partial charge in [0, 0.05) is 0 Å². The molecule has 0 rings (SSSR count). The maximum absolute atomic E-state index is 3.20. The summed E-state index contributed by atoms with van der Waals surface area (Å²) in [6.07, 6.45) is 0. The SMILES string of the molecule is C[NH][V]([NH]C)([NH]C)[NH]C. The number of nitrogens with one attached hydrogen (secondary N) is 4. The van der Waals surface area contributed by atoms with Crippen molar-refractivity contribution in [2.45, 2.75) is 0 Å². The van der Waals surface area contributed by atoms with E-state index in [0.717, 1.165) is 0 Å². The Kier molecular flexibility index (Phi) is 4.47. The molecule has 0 aliphatic rings. The van der Waals surface area contributed by atoms with E-state index < -0.39 is 15.0 Å². The van der Waals surface area contributed by atoms with Crippen LogP contribution in [-0.4, -0.2) is 28.2 Å². The van der Waals surface area contributed by atoms with E-state index in [9.17, 15) is 0 Å². The van der Waals surface area contributed by atoms with Crippen LogP contribution in [0.25, 0.3) is 0 Å². The summed E-state index contributed by atoms with van der Waals surface area (Å²) in [7, 11) is 7.76. The molecule has 0 atom stereocenters. The average Bonchev–Trinajstić information content (AvgIpc) is 1.95. The Morgan fingerprint density at radius 3 is 0.889 bits per heavy atom. The summed E-state index contributed by atoms with van der Waals surface area (Å²) in [4.78, 5) is 0. The molecule has 4 N–H and O–H groups in total. The number of hydrogen-bond acceptors (Lipinski definition) is 4. The van der Waals surface area contributed by atoms with Crippen molar-refractivity contribution in [2.24, 2.45) is 0 Å². The van der Waals surface area contributed by atoms with Crippen molar-refractivity contribution in [3.05, 3.63) is 0 Å². The Balaban J connectivity index is 3.82. The van der Waals surface area contributed by atoms with Gasteiger partial charge < -0.3 is 0 Å². The minimum absolute atomic E-state index is 1.94. The molecule has 5 heteroatoms. The molecule has 0 saturated carbocycles. The van der Waals surface area contributed by atoms with Crippen LogP contribution in [0.3, 0.4) is 0 Å². The van der Waals surface area contributed by atoms with Gasteiger partial charge in [0.1, 0.15) is 0 Å². The second kappa shape index (κ2) is 4.27. The van der Waals surface area contributed by atoms with Crippen molar-refractivity contribution in [3.8, 4) is 0 Å². The monoisotopic (exact) mass is 171 g/mol. The van der Waals surface area contributed by atoms with Crippen molar-refractivity contribution in [3.63, 3.8) is 0 Å². The van der Waals surface area contributed by atoms with E-state index in [1.165, 1.54) is 0 Å². The minimum atomic E-state index is -2.01. The molecule has 0 unspecified atom stereocenters. The van der Waals surface area contributed by atoms with Crippen LogP contribution >= 0.6 is 0 Å². The fourth-order valence-electron chi connectivity index (χ4n) is 0.671.